The first-order chi connectivity index (χ1) is 7.29. The lowest BCUT2D eigenvalue weighted by Gasteiger charge is -2.15. The number of aliphatic carboxylic acids is 1. The number of hydrogen-bond donors (Lipinski definition) is 1. The molecule has 1 aromatic carbocycles. The molecule has 2 nitrogen and oxygen atoms in total. The van der Waals surface area contributed by atoms with Gasteiger partial charge in [-0.05, 0) is 17.7 Å². The van der Waals surface area contributed by atoms with Crippen LogP contribution in [0.5, 0.6) is 0 Å². The molecule has 0 aliphatic carbocycles. The molecule has 1 atom stereocenters. The summed E-state index contributed by atoms with van der Waals surface area (Å²) in [6.07, 6.45) is -5.92. The number of rotatable bonds is 3. The van der Waals surface area contributed by atoms with Gasteiger partial charge in [0.25, 0.3) is 0 Å². The summed E-state index contributed by atoms with van der Waals surface area (Å²) in [5, 5.41) is 8.95. The van der Waals surface area contributed by atoms with Crippen molar-refractivity contribution >= 4 is 17.6 Å². The van der Waals surface area contributed by atoms with Crippen LogP contribution < -0.4 is 0 Å². The van der Waals surface area contributed by atoms with E-state index >= 15 is 0 Å². The van der Waals surface area contributed by atoms with E-state index in [2.05, 4.69) is 0 Å². The number of alkyl halides is 3. The summed E-state index contributed by atoms with van der Waals surface area (Å²) in [4.78, 5) is 10.7. The first-order valence-corrected chi connectivity index (χ1v) is 4.72. The predicted octanol–water partition coefficient (Wildman–Crippen LogP) is 3.46. The van der Waals surface area contributed by atoms with Crippen LogP contribution in [0.2, 0.25) is 5.02 Å². The average Bonchev–Trinajstić information content (AvgIpc) is 2.12. The summed E-state index contributed by atoms with van der Waals surface area (Å²) in [6.45, 7) is 0. The van der Waals surface area contributed by atoms with E-state index in [1.165, 1.54) is 24.3 Å². The zero-order valence-corrected chi connectivity index (χ0v) is 8.72. The van der Waals surface area contributed by atoms with Gasteiger partial charge in [0.2, 0.25) is 0 Å². The fraction of sp³-hybridized carbons (Fsp3) is 0.300. The maximum absolute atomic E-state index is 12.2. The Morgan fingerprint density at radius 3 is 2.50 bits per heavy atom. The molecule has 0 aromatic heterocycles. The van der Waals surface area contributed by atoms with Crippen LogP contribution in [0.1, 0.15) is 17.9 Å². The van der Waals surface area contributed by atoms with Gasteiger partial charge in [0, 0.05) is 5.02 Å². The van der Waals surface area contributed by atoms with Crippen molar-refractivity contribution in [2.45, 2.75) is 18.5 Å². The van der Waals surface area contributed by atoms with Crippen LogP contribution in [-0.4, -0.2) is 17.3 Å². The van der Waals surface area contributed by atoms with Crippen molar-refractivity contribution in [2.75, 3.05) is 0 Å². The number of carboxylic acid groups (broad SMARTS) is 1. The van der Waals surface area contributed by atoms with Crippen LogP contribution in [0.4, 0.5) is 13.2 Å². The Bertz CT molecular complexity index is 390. The SMILES string of the molecule is O=C(O)C(CC(F)(F)F)c1cccc(Cl)c1. The summed E-state index contributed by atoms with van der Waals surface area (Å²) >= 11 is 5.59. The van der Waals surface area contributed by atoms with Gasteiger partial charge in [-0.3, -0.25) is 4.79 Å². The second-order valence-electron chi connectivity index (χ2n) is 3.27. The Balaban J connectivity index is 2.99. The number of halogens is 4. The van der Waals surface area contributed by atoms with Gasteiger partial charge in [0.1, 0.15) is 0 Å². The highest BCUT2D eigenvalue weighted by Crippen LogP contribution is 2.32. The maximum atomic E-state index is 12.2. The lowest BCUT2D eigenvalue weighted by Crippen LogP contribution is -2.20. The summed E-state index contributed by atoms with van der Waals surface area (Å²) in [7, 11) is 0. The largest absolute Gasteiger partial charge is 0.481 e. The molecular weight excluding hydrogens is 245 g/mol. The van der Waals surface area contributed by atoms with Gasteiger partial charge in [-0.25, -0.2) is 0 Å². The van der Waals surface area contributed by atoms with E-state index in [1.54, 1.807) is 0 Å². The van der Waals surface area contributed by atoms with E-state index < -0.39 is 24.5 Å². The van der Waals surface area contributed by atoms with Crippen LogP contribution in [0.3, 0.4) is 0 Å². The second-order valence-corrected chi connectivity index (χ2v) is 3.70. The molecule has 0 spiro atoms. The van der Waals surface area contributed by atoms with Crippen molar-refractivity contribution < 1.29 is 23.1 Å². The summed E-state index contributed by atoms with van der Waals surface area (Å²) in [5.41, 5.74) is 0.0531. The Kier molecular flexibility index (Phi) is 3.80. The molecule has 0 saturated carbocycles. The molecule has 16 heavy (non-hydrogen) atoms. The average molecular weight is 253 g/mol. The van der Waals surface area contributed by atoms with Gasteiger partial charge in [-0.2, -0.15) is 13.2 Å². The van der Waals surface area contributed by atoms with Crippen LogP contribution in [-0.2, 0) is 4.79 Å². The monoisotopic (exact) mass is 252 g/mol. The summed E-state index contributed by atoms with van der Waals surface area (Å²) in [5.74, 6) is -3.13. The summed E-state index contributed by atoms with van der Waals surface area (Å²) in [6, 6.07) is 5.43. The highest BCUT2D eigenvalue weighted by atomic mass is 35.5. The highest BCUT2D eigenvalue weighted by Gasteiger charge is 2.36. The third-order valence-corrected chi connectivity index (χ3v) is 2.22. The quantitative estimate of drug-likeness (QED) is 0.894. The molecule has 0 fully saturated rings. The van der Waals surface area contributed by atoms with E-state index in [9.17, 15) is 18.0 Å². The van der Waals surface area contributed by atoms with Crippen molar-refractivity contribution in [2.24, 2.45) is 0 Å². The molecule has 88 valence electrons. The van der Waals surface area contributed by atoms with Gasteiger partial charge < -0.3 is 5.11 Å². The molecule has 6 heteroatoms. The maximum Gasteiger partial charge on any atom is 0.390 e. The van der Waals surface area contributed by atoms with Crippen molar-refractivity contribution in [1.82, 2.24) is 0 Å². The molecule has 1 N–H and O–H groups in total. The van der Waals surface area contributed by atoms with E-state index in [0.29, 0.717) is 0 Å². The van der Waals surface area contributed by atoms with Gasteiger partial charge in [-0.15, -0.1) is 0 Å². The molecule has 0 saturated heterocycles. The Morgan fingerprint density at radius 2 is 2.06 bits per heavy atom. The molecule has 0 aliphatic heterocycles. The van der Waals surface area contributed by atoms with Crippen molar-refractivity contribution in [3.8, 4) is 0 Å². The first kappa shape index (κ1) is 12.8. The van der Waals surface area contributed by atoms with Crippen molar-refractivity contribution in [1.29, 1.82) is 0 Å². The second kappa shape index (κ2) is 4.74. The van der Waals surface area contributed by atoms with Crippen molar-refractivity contribution in [3.05, 3.63) is 34.9 Å². The minimum Gasteiger partial charge on any atom is -0.481 e. The minimum absolute atomic E-state index is 0.0531. The van der Waals surface area contributed by atoms with Gasteiger partial charge >= 0.3 is 12.1 Å². The smallest absolute Gasteiger partial charge is 0.390 e. The zero-order chi connectivity index (χ0) is 12.3. The lowest BCUT2D eigenvalue weighted by molar-refractivity contribution is -0.157. The molecule has 0 heterocycles. The Morgan fingerprint density at radius 1 is 1.44 bits per heavy atom. The van der Waals surface area contributed by atoms with Crippen LogP contribution >= 0.6 is 11.6 Å². The third-order valence-electron chi connectivity index (χ3n) is 1.98. The highest BCUT2D eigenvalue weighted by molar-refractivity contribution is 6.30. The molecule has 1 unspecified atom stereocenters. The fourth-order valence-electron chi connectivity index (χ4n) is 1.30. The number of carbonyl (C=O) groups is 1. The third kappa shape index (κ3) is 3.73. The molecule has 0 radical (unpaired) electrons. The molecular formula is C10H8ClF3O2. The summed E-state index contributed by atoms with van der Waals surface area (Å²) < 4.78 is 36.5. The number of benzene rings is 1. The molecule has 1 aromatic rings. The van der Waals surface area contributed by atoms with Crippen molar-refractivity contribution in [3.63, 3.8) is 0 Å². The fourth-order valence-corrected chi connectivity index (χ4v) is 1.50. The molecule has 1 rings (SSSR count). The first-order valence-electron chi connectivity index (χ1n) is 4.34. The van der Waals surface area contributed by atoms with E-state index in [1.807, 2.05) is 0 Å². The van der Waals surface area contributed by atoms with Crippen LogP contribution in [0.15, 0.2) is 24.3 Å². The molecule has 0 aliphatic rings. The Labute approximate surface area is 94.6 Å². The number of hydrogen-bond acceptors (Lipinski definition) is 1. The standard InChI is InChI=1S/C10H8ClF3O2/c11-7-3-1-2-6(4-7)8(9(15)16)5-10(12,13)14/h1-4,8H,5H2,(H,15,16). The van der Waals surface area contributed by atoms with E-state index in [-0.39, 0.29) is 10.6 Å². The van der Waals surface area contributed by atoms with Crippen LogP contribution in [0.25, 0.3) is 0 Å². The predicted molar refractivity (Wildman–Crippen MR) is 52.5 cm³/mol. The Hall–Kier alpha value is -1.23. The number of carboxylic acids is 1. The van der Waals surface area contributed by atoms with Crippen LogP contribution in [0, 0.1) is 0 Å². The van der Waals surface area contributed by atoms with E-state index in [0.717, 1.165) is 0 Å². The van der Waals surface area contributed by atoms with Gasteiger partial charge in [0.05, 0.1) is 12.3 Å². The normalized spacial score (nSPS) is 13.5. The van der Waals surface area contributed by atoms with E-state index in [4.69, 9.17) is 16.7 Å². The topological polar surface area (TPSA) is 37.3 Å². The van der Waals surface area contributed by atoms with Gasteiger partial charge in [0.15, 0.2) is 0 Å². The minimum atomic E-state index is -4.52. The molecule has 0 amide bonds. The lowest BCUT2D eigenvalue weighted by atomic mass is 9.96. The van der Waals surface area contributed by atoms with Gasteiger partial charge in [-0.1, -0.05) is 23.7 Å². The zero-order valence-electron chi connectivity index (χ0n) is 7.96. The molecule has 0 bridgehead atoms.